The van der Waals surface area contributed by atoms with Crippen LogP contribution in [0.3, 0.4) is 0 Å². The van der Waals surface area contributed by atoms with E-state index in [0.717, 1.165) is 12.2 Å². The SMILES string of the molecule is CC(C)(C)OC(=O)CCCS. The normalized spacial score (nSPS) is 11.3. The Hall–Kier alpha value is -0.180. The average Bonchev–Trinajstić information content (AvgIpc) is 1.79. The molecule has 0 aliphatic rings. The lowest BCUT2D eigenvalue weighted by Crippen LogP contribution is -2.23. The Kier molecular flexibility index (Phi) is 4.57. The fraction of sp³-hybridized carbons (Fsp3) is 0.875. The van der Waals surface area contributed by atoms with E-state index in [1.807, 2.05) is 20.8 Å². The van der Waals surface area contributed by atoms with E-state index in [4.69, 9.17) is 4.74 Å². The Balaban J connectivity index is 3.53. The van der Waals surface area contributed by atoms with E-state index >= 15 is 0 Å². The molecular weight excluding hydrogens is 160 g/mol. The molecule has 0 unspecified atom stereocenters. The van der Waals surface area contributed by atoms with Gasteiger partial charge in [-0.2, -0.15) is 12.6 Å². The van der Waals surface area contributed by atoms with Crippen molar-refractivity contribution in [3.8, 4) is 0 Å². The Morgan fingerprint density at radius 3 is 2.36 bits per heavy atom. The first-order valence-corrected chi connectivity index (χ1v) is 4.41. The van der Waals surface area contributed by atoms with Gasteiger partial charge in [0.25, 0.3) is 0 Å². The summed E-state index contributed by atoms with van der Waals surface area (Å²) in [6.07, 6.45) is 1.26. The maximum absolute atomic E-state index is 11.0. The molecule has 0 aromatic carbocycles. The van der Waals surface area contributed by atoms with E-state index in [1.54, 1.807) is 0 Å². The first-order valence-electron chi connectivity index (χ1n) is 3.78. The molecule has 0 bridgehead atoms. The minimum Gasteiger partial charge on any atom is -0.460 e. The topological polar surface area (TPSA) is 26.3 Å². The standard InChI is InChI=1S/C8H16O2S/c1-8(2,3)10-7(9)5-4-6-11/h11H,4-6H2,1-3H3. The van der Waals surface area contributed by atoms with Crippen LogP contribution in [0.25, 0.3) is 0 Å². The number of rotatable bonds is 3. The van der Waals surface area contributed by atoms with E-state index < -0.39 is 0 Å². The van der Waals surface area contributed by atoms with Crippen LogP contribution < -0.4 is 0 Å². The largest absolute Gasteiger partial charge is 0.460 e. The highest BCUT2D eigenvalue weighted by atomic mass is 32.1. The van der Waals surface area contributed by atoms with Gasteiger partial charge in [-0.15, -0.1) is 0 Å². The molecule has 0 saturated heterocycles. The van der Waals surface area contributed by atoms with Crippen molar-refractivity contribution < 1.29 is 9.53 Å². The van der Waals surface area contributed by atoms with Crippen LogP contribution in [-0.4, -0.2) is 17.3 Å². The number of hydrogen-bond acceptors (Lipinski definition) is 3. The van der Waals surface area contributed by atoms with Crippen LogP contribution in [0, 0.1) is 0 Å². The molecule has 11 heavy (non-hydrogen) atoms. The molecule has 0 atom stereocenters. The number of hydrogen-bond donors (Lipinski definition) is 1. The molecule has 0 heterocycles. The summed E-state index contributed by atoms with van der Waals surface area (Å²) in [4.78, 5) is 11.0. The Morgan fingerprint density at radius 2 is 2.00 bits per heavy atom. The molecule has 0 aromatic heterocycles. The fourth-order valence-electron chi connectivity index (χ4n) is 0.616. The minimum atomic E-state index is -0.353. The molecule has 3 heteroatoms. The summed E-state index contributed by atoms with van der Waals surface area (Å²) in [6.45, 7) is 5.60. The lowest BCUT2D eigenvalue weighted by atomic mass is 10.2. The minimum absolute atomic E-state index is 0.133. The summed E-state index contributed by atoms with van der Waals surface area (Å²) in [7, 11) is 0. The highest BCUT2D eigenvalue weighted by Crippen LogP contribution is 2.08. The van der Waals surface area contributed by atoms with Gasteiger partial charge in [0.2, 0.25) is 0 Å². The lowest BCUT2D eigenvalue weighted by Gasteiger charge is -2.19. The molecule has 0 fully saturated rings. The maximum Gasteiger partial charge on any atom is 0.306 e. The van der Waals surface area contributed by atoms with Crippen molar-refractivity contribution >= 4 is 18.6 Å². The van der Waals surface area contributed by atoms with Crippen LogP contribution in [0.5, 0.6) is 0 Å². The lowest BCUT2D eigenvalue weighted by molar-refractivity contribution is -0.154. The van der Waals surface area contributed by atoms with Gasteiger partial charge in [0.1, 0.15) is 5.60 Å². The zero-order valence-electron chi connectivity index (χ0n) is 7.39. The first-order chi connectivity index (χ1) is 4.95. The third-order valence-electron chi connectivity index (χ3n) is 0.959. The molecular formula is C8H16O2S. The molecule has 0 saturated carbocycles. The molecule has 2 nitrogen and oxygen atoms in total. The second-order valence-electron chi connectivity index (χ2n) is 3.41. The Morgan fingerprint density at radius 1 is 1.45 bits per heavy atom. The van der Waals surface area contributed by atoms with Gasteiger partial charge in [-0.1, -0.05) is 0 Å². The maximum atomic E-state index is 11.0. The van der Waals surface area contributed by atoms with E-state index in [0.29, 0.717) is 6.42 Å². The first kappa shape index (κ1) is 10.8. The zero-order valence-corrected chi connectivity index (χ0v) is 8.28. The summed E-state index contributed by atoms with van der Waals surface area (Å²) in [5.74, 6) is 0.603. The summed E-state index contributed by atoms with van der Waals surface area (Å²) >= 11 is 4.00. The Bertz CT molecular complexity index is 127. The van der Waals surface area contributed by atoms with Crippen molar-refractivity contribution in [2.75, 3.05) is 5.75 Å². The van der Waals surface area contributed by atoms with Gasteiger partial charge >= 0.3 is 5.97 Å². The third kappa shape index (κ3) is 7.72. The van der Waals surface area contributed by atoms with Crippen LogP contribution in [0.2, 0.25) is 0 Å². The summed E-state index contributed by atoms with van der Waals surface area (Å²) in [6, 6.07) is 0. The van der Waals surface area contributed by atoms with Gasteiger partial charge in [-0.3, -0.25) is 4.79 Å². The van der Waals surface area contributed by atoms with Gasteiger partial charge in [-0.25, -0.2) is 0 Å². The van der Waals surface area contributed by atoms with Crippen molar-refractivity contribution in [1.82, 2.24) is 0 Å². The van der Waals surface area contributed by atoms with Crippen LogP contribution in [0.15, 0.2) is 0 Å². The fourth-order valence-corrected chi connectivity index (χ4v) is 0.774. The highest BCUT2D eigenvalue weighted by molar-refractivity contribution is 7.80. The molecule has 0 rings (SSSR count). The average molecular weight is 176 g/mol. The van der Waals surface area contributed by atoms with Crippen LogP contribution in [-0.2, 0) is 9.53 Å². The molecule has 0 aromatic rings. The van der Waals surface area contributed by atoms with E-state index in [9.17, 15) is 4.79 Å². The second-order valence-corrected chi connectivity index (χ2v) is 3.86. The van der Waals surface area contributed by atoms with Crippen LogP contribution in [0.4, 0.5) is 0 Å². The number of thiol groups is 1. The van der Waals surface area contributed by atoms with Crippen molar-refractivity contribution in [3.63, 3.8) is 0 Å². The number of esters is 1. The van der Waals surface area contributed by atoms with E-state index in [-0.39, 0.29) is 11.6 Å². The summed E-state index contributed by atoms with van der Waals surface area (Å²) in [5.41, 5.74) is -0.353. The number of carbonyl (C=O) groups excluding carboxylic acids is 1. The van der Waals surface area contributed by atoms with Gasteiger partial charge < -0.3 is 4.74 Å². The van der Waals surface area contributed by atoms with Crippen LogP contribution in [0.1, 0.15) is 33.6 Å². The van der Waals surface area contributed by atoms with Gasteiger partial charge in [0.15, 0.2) is 0 Å². The van der Waals surface area contributed by atoms with E-state index in [1.165, 1.54) is 0 Å². The predicted octanol–water partition coefficient (Wildman–Crippen LogP) is 2.04. The van der Waals surface area contributed by atoms with Crippen molar-refractivity contribution in [2.24, 2.45) is 0 Å². The summed E-state index contributed by atoms with van der Waals surface area (Å²) < 4.78 is 5.07. The zero-order chi connectivity index (χ0) is 8.91. The molecule has 0 aliphatic carbocycles. The molecule has 0 aliphatic heterocycles. The van der Waals surface area contributed by atoms with Crippen molar-refractivity contribution in [1.29, 1.82) is 0 Å². The van der Waals surface area contributed by atoms with Gasteiger partial charge in [0, 0.05) is 6.42 Å². The van der Waals surface area contributed by atoms with Crippen molar-refractivity contribution in [3.05, 3.63) is 0 Å². The molecule has 0 radical (unpaired) electrons. The molecule has 0 amide bonds. The monoisotopic (exact) mass is 176 g/mol. The Labute approximate surface area is 73.7 Å². The summed E-state index contributed by atoms with van der Waals surface area (Å²) in [5, 5.41) is 0. The van der Waals surface area contributed by atoms with Crippen LogP contribution >= 0.6 is 12.6 Å². The predicted molar refractivity (Wildman–Crippen MR) is 48.9 cm³/mol. The molecule has 0 spiro atoms. The smallest absolute Gasteiger partial charge is 0.306 e. The van der Waals surface area contributed by atoms with Crippen molar-refractivity contribution in [2.45, 2.75) is 39.2 Å². The molecule has 0 N–H and O–H groups in total. The number of ether oxygens (including phenoxy) is 1. The molecule has 66 valence electrons. The quantitative estimate of drug-likeness (QED) is 0.526. The number of carbonyl (C=O) groups is 1. The third-order valence-corrected chi connectivity index (χ3v) is 1.28. The van der Waals surface area contributed by atoms with E-state index in [2.05, 4.69) is 12.6 Å². The second kappa shape index (κ2) is 4.65. The highest BCUT2D eigenvalue weighted by Gasteiger charge is 2.14. The van der Waals surface area contributed by atoms with Gasteiger partial charge in [-0.05, 0) is 32.9 Å². The van der Waals surface area contributed by atoms with Gasteiger partial charge in [0.05, 0.1) is 0 Å².